The molecule has 0 radical (unpaired) electrons. The summed E-state index contributed by atoms with van der Waals surface area (Å²) in [5, 5.41) is 0. The lowest BCUT2D eigenvalue weighted by atomic mass is 9.76. The van der Waals surface area contributed by atoms with Gasteiger partial charge in [-0.3, -0.25) is 9.69 Å². The van der Waals surface area contributed by atoms with Crippen LogP contribution in [0.1, 0.15) is 74.5 Å². The monoisotopic (exact) mass is 356 g/mol. The van der Waals surface area contributed by atoms with Crippen LogP contribution in [0.5, 0.6) is 0 Å². The lowest BCUT2D eigenvalue weighted by Gasteiger charge is -2.47. The first-order valence-electron chi connectivity index (χ1n) is 10.8. The highest BCUT2D eigenvalue weighted by atomic mass is 16.5. The number of likely N-dealkylation sites (tertiary alicyclic amines) is 1. The zero-order valence-electron chi connectivity index (χ0n) is 15.9. The van der Waals surface area contributed by atoms with Crippen molar-refractivity contribution < 1.29 is 4.74 Å². The summed E-state index contributed by atoms with van der Waals surface area (Å²) in [6.45, 7) is 5.08. The van der Waals surface area contributed by atoms with E-state index in [4.69, 9.17) is 4.74 Å². The number of nitrogens with zero attached hydrogens (tertiary/aromatic N) is 2. The van der Waals surface area contributed by atoms with Gasteiger partial charge in [0.2, 0.25) is 0 Å². The van der Waals surface area contributed by atoms with Crippen LogP contribution in [-0.4, -0.2) is 41.8 Å². The number of hydrogen-bond acceptors (Lipinski definition) is 3. The molecule has 3 fully saturated rings. The summed E-state index contributed by atoms with van der Waals surface area (Å²) < 4.78 is 7.75. The molecule has 2 saturated heterocycles. The zero-order chi connectivity index (χ0) is 17.5. The molecule has 2 atom stereocenters. The number of piperidine rings is 1. The average molecular weight is 357 g/mol. The topological polar surface area (TPSA) is 34.5 Å². The lowest BCUT2D eigenvalue weighted by Crippen LogP contribution is -2.52. The SMILES string of the molecule is O=c1ccc(C2CCCCC2)c2n1C[C@H]1C[C@H]2CN(C2CCOCC2)C1. The summed E-state index contributed by atoms with van der Waals surface area (Å²) in [4.78, 5) is 15.4. The van der Waals surface area contributed by atoms with Crippen molar-refractivity contribution in [2.24, 2.45) is 5.92 Å². The van der Waals surface area contributed by atoms with Crippen molar-refractivity contribution in [3.05, 3.63) is 33.7 Å². The van der Waals surface area contributed by atoms with E-state index in [9.17, 15) is 4.79 Å². The molecule has 0 amide bonds. The Morgan fingerprint density at radius 1 is 0.885 bits per heavy atom. The van der Waals surface area contributed by atoms with Crippen LogP contribution in [-0.2, 0) is 11.3 Å². The summed E-state index contributed by atoms with van der Waals surface area (Å²) in [5.41, 5.74) is 3.16. The molecule has 1 aromatic rings. The summed E-state index contributed by atoms with van der Waals surface area (Å²) in [7, 11) is 0. The molecule has 4 heterocycles. The minimum atomic E-state index is 0.230. The maximum atomic E-state index is 12.6. The van der Waals surface area contributed by atoms with Gasteiger partial charge in [0.1, 0.15) is 0 Å². The van der Waals surface area contributed by atoms with E-state index in [0.717, 1.165) is 26.3 Å². The van der Waals surface area contributed by atoms with Gasteiger partial charge in [-0.25, -0.2) is 0 Å². The van der Waals surface area contributed by atoms with Crippen molar-refractivity contribution in [1.82, 2.24) is 9.47 Å². The molecule has 26 heavy (non-hydrogen) atoms. The molecular formula is C22H32N2O2. The summed E-state index contributed by atoms with van der Waals surface area (Å²) in [6.07, 6.45) is 10.3. The minimum absolute atomic E-state index is 0.230. The van der Waals surface area contributed by atoms with Crippen molar-refractivity contribution in [2.45, 2.75) is 75.8 Å². The van der Waals surface area contributed by atoms with Gasteiger partial charge in [-0.2, -0.15) is 0 Å². The number of rotatable bonds is 2. The predicted molar refractivity (Wildman–Crippen MR) is 103 cm³/mol. The summed E-state index contributed by atoms with van der Waals surface area (Å²) in [5.74, 6) is 1.88. The van der Waals surface area contributed by atoms with E-state index < -0.39 is 0 Å². The van der Waals surface area contributed by atoms with E-state index in [0.29, 0.717) is 23.8 Å². The van der Waals surface area contributed by atoms with Crippen LogP contribution in [0.25, 0.3) is 0 Å². The normalized spacial score (nSPS) is 30.9. The van der Waals surface area contributed by atoms with Crippen LogP contribution in [0.4, 0.5) is 0 Å². The number of hydrogen-bond donors (Lipinski definition) is 0. The summed E-state index contributed by atoms with van der Waals surface area (Å²) >= 11 is 0. The highest BCUT2D eigenvalue weighted by Crippen LogP contribution is 2.42. The van der Waals surface area contributed by atoms with Crippen molar-refractivity contribution in [3.8, 4) is 0 Å². The van der Waals surface area contributed by atoms with Gasteiger partial charge < -0.3 is 9.30 Å². The smallest absolute Gasteiger partial charge is 0.250 e. The second-order valence-corrected chi connectivity index (χ2v) is 9.05. The number of aromatic nitrogens is 1. The van der Waals surface area contributed by atoms with Crippen molar-refractivity contribution in [1.29, 1.82) is 0 Å². The Kier molecular flexibility index (Phi) is 4.66. The van der Waals surface area contributed by atoms with Crippen LogP contribution in [0.15, 0.2) is 16.9 Å². The third-order valence-corrected chi connectivity index (χ3v) is 7.40. The second kappa shape index (κ2) is 7.12. The first-order chi connectivity index (χ1) is 12.8. The van der Waals surface area contributed by atoms with Gasteiger partial charge in [0.25, 0.3) is 5.56 Å². The van der Waals surface area contributed by atoms with Crippen LogP contribution in [0, 0.1) is 5.92 Å². The Labute approximate surface area is 156 Å². The highest BCUT2D eigenvalue weighted by molar-refractivity contribution is 5.31. The Balaban J connectivity index is 1.47. The Morgan fingerprint density at radius 2 is 1.69 bits per heavy atom. The molecule has 0 unspecified atom stereocenters. The van der Waals surface area contributed by atoms with E-state index >= 15 is 0 Å². The molecule has 3 aliphatic heterocycles. The molecule has 4 nitrogen and oxygen atoms in total. The molecule has 0 spiro atoms. The number of pyridine rings is 1. The van der Waals surface area contributed by atoms with Crippen LogP contribution in [0.3, 0.4) is 0 Å². The van der Waals surface area contributed by atoms with Gasteiger partial charge in [0.15, 0.2) is 0 Å². The maximum Gasteiger partial charge on any atom is 0.250 e. The highest BCUT2D eigenvalue weighted by Gasteiger charge is 2.39. The number of ether oxygens (including phenoxy) is 1. The predicted octanol–water partition coefficient (Wildman–Crippen LogP) is 3.49. The van der Waals surface area contributed by atoms with E-state index in [1.165, 1.54) is 69.2 Å². The molecule has 142 valence electrons. The van der Waals surface area contributed by atoms with E-state index in [2.05, 4.69) is 15.5 Å². The average Bonchev–Trinajstić information content (AvgIpc) is 2.70. The molecule has 4 heteroatoms. The van der Waals surface area contributed by atoms with Gasteiger partial charge in [-0.15, -0.1) is 0 Å². The first-order valence-corrected chi connectivity index (χ1v) is 10.8. The lowest BCUT2D eigenvalue weighted by molar-refractivity contribution is 0.00563. The quantitative estimate of drug-likeness (QED) is 0.813. The van der Waals surface area contributed by atoms with Crippen molar-refractivity contribution in [3.63, 3.8) is 0 Å². The van der Waals surface area contributed by atoms with Crippen LogP contribution < -0.4 is 5.56 Å². The molecule has 4 aliphatic rings. The fourth-order valence-electron chi connectivity index (χ4n) is 6.19. The standard InChI is InChI=1S/C22H32N2O2/c25-21-7-6-20(17-4-2-1-3-5-17)22-18-12-16(14-24(21)22)13-23(15-18)19-8-10-26-11-9-19/h6-7,16-19H,1-5,8-15H2/t16-,18-/m0/s1. The van der Waals surface area contributed by atoms with Crippen molar-refractivity contribution in [2.75, 3.05) is 26.3 Å². The third kappa shape index (κ3) is 3.05. The molecule has 5 rings (SSSR count). The molecule has 2 bridgehead atoms. The van der Waals surface area contributed by atoms with Crippen LogP contribution >= 0.6 is 0 Å². The van der Waals surface area contributed by atoms with Gasteiger partial charge >= 0.3 is 0 Å². The van der Waals surface area contributed by atoms with E-state index in [1.54, 1.807) is 0 Å². The Hall–Kier alpha value is -1.13. The Morgan fingerprint density at radius 3 is 2.50 bits per heavy atom. The van der Waals surface area contributed by atoms with Crippen molar-refractivity contribution >= 4 is 0 Å². The number of fused-ring (bicyclic) bond motifs is 4. The maximum absolute atomic E-state index is 12.6. The van der Waals surface area contributed by atoms with E-state index in [1.807, 2.05) is 6.07 Å². The zero-order valence-corrected chi connectivity index (χ0v) is 15.9. The van der Waals surface area contributed by atoms with Gasteiger partial charge in [0.05, 0.1) is 0 Å². The fourth-order valence-corrected chi connectivity index (χ4v) is 6.19. The summed E-state index contributed by atoms with van der Waals surface area (Å²) in [6, 6.07) is 4.73. The van der Waals surface area contributed by atoms with Gasteiger partial charge in [-0.05, 0) is 49.5 Å². The van der Waals surface area contributed by atoms with Crippen LogP contribution in [0.2, 0.25) is 0 Å². The second-order valence-electron chi connectivity index (χ2n) is 9.05. The third-order valence-electron chi connectivity index (χ3n) is 7.40. The molecule has 1 aliphatic carbocycles. The van der Waals surface area contributed by atoms with E-state index in [-0.39, 0.29) is 5.56 Å². The Bertz CT molecular complexity index is 701. The molecule has 1 saturated carbocycles. The largest absolute Gasteiger partial charge is 0.381 e. The molecular weight excluding hydrogens is 324 g/mol. The van der Waals surface area contributed by atoms with Gasteiger partial charge in [0, 0.05) is 56.6 Å². The molecule has 0 N–H and O–H groups in total. The minimum Gasteiger partial charge on any atom is -0.381 e. The molecule has 0 aromatic carbocycles. The van der Waals surface area contributed by atoms with Gasteiger partial charge in [-0.1, -0.05) is 25.3 Å². The fraction of sp³-hybridized carbons (Fsp3) is 0.773. The first kappa shape index (κ1) is 17.0. The molecule has 1 aromatic heterocycles.